The first-order valence-corrected chi connectivity index (χ1v) is 3.37. The third-order valence-corrected chi connectivity index (χ3v) is 1.40. The Bertz CT molecular complexity index is 148. The number of amides is 1. The third-order valence-electron chi connectivity index (χ3n) is 1.40. The fourth-order valence-corrected chi connectivity index (χ4v) is 0.486. The van der Waals surface area contributed by atoms with E-state index in [-0.39, 0.29) is 18.4 Å². The quantitative estimate of drug-likeness (QED) is 0.586. The van der Waals surface area contributed by atoms with Gasteiger partial charge in [-0.05, 0) is 6.42 Å². The van der Waals surface area contributed by atoms with Crippen molar-refractivity contribution in [3.8, 4) is 6.07 Å². The van der Waals surface area contributed by atoms with E-state index in [4.69, 9.17) is 5.26 Å². The Morgan fingerprint density at radius 1 is 1.80 bits per heavy atom. The summed E-state index contributed by atoms with van der Waals surface area (Å²) in [5, 5.41) is 10.6. The molecule has 3 heteroatoms. The zero-order valence-electron chi connectivity index (χ0n) is 6.35. The Kier molecular flexibility index (Phi) is 4.30. The summed E-state index contributed by atoms with van der Waals surface area (Å²) in [6.07, 6.45) is 0.817. The van der Waals surface area contributed by atoms with E-state index in [9.17, 15) is 4.79 Å². The molecule has 0 heterocycles. The summed E-state index contributed by atoms with van der Waals surface area (Å²) < 4.78 is 0. The summed E-state index contributed by atoms with van der Waals surface area (Å²) in [6, 6.07) is 1.85. The normalized spacial score (nSPS) is 11.7. The highest BCUT2D eigenvalue weighted by atomic mass is 16.1. The van der Waals surface area contributed by atoms with Crippen molar-refractivity contribution in [1.82, 2.24) is 5.32 Å². The highest BCUT2D eigenvalue weighted by Gasteiger charge is 2.07. The Labute approximate surface area is 61.0 Å². The van der Waals surface area contributed by atoms with Crippen LogP contribution in [0.15, 0.2) is 0 Å². The van der Waals surface area contributed by atoms with Crippen LogP contribution >= 0.6 is 0 Å². The monoisotopic (exact) mass is 140 g/mol. The second kappa shape index (κ2) is 4.80. The lowest BCUT2D eigenvalue weighted by atomic mass is 10.1. The van der Waals surface area contributed by atoms with Gasteiger partial charge in [-0.1, -0.05) is 13.8 Å². The summed E-state index contributed by atoms with van der Waals surface area (Å²) in [5.41, 5.74) is 0. The van der Waals surface area contributed by atoms with E-state index in [1.54, 1.807) is 0 Å². The number of carbonyl (C=O) groups excluding carboxylic acids is 1. The number of carbonyl (C=O) groups is 1. The van der Waals surface area contributed by atoms with Crippen LogP contribution in [0.25, 0.3) is 0 Å². The molecule has 3 nitrogen and oxygen atoms in total. The molecule has 0 bridgehead atoms. The molecule has 10 heavy (non-hydrogen) atoms. The highest BCUT2D eigenvalue weighted by molar-refractivity contribution is 5.78. The van der Waals surface area contributed by atoms with Crippen LogP contribution < -0.4 is 5.32 Å². The highest BCUT2D eigenvalue weighted by Crippen LogP contribution is 1.98. The second-order valence-corrected chi connectivity index (χ2v) is 2.19. The maximum absolute atomic E-state index is 10.9. The first-order chi connectivity index (χ1) is 4.72. The van der Waals surface area contributed by atoms with Crippen LogP contribution in [-0.4, -0.2) is 12.5 Å². The standard InChI is InChI=1S/C7H12N2O/c1-3-6(2)7(10)9-5-4-8/h6H,3,5H2,1-2H3,(H,9,10). The zero-order chi connectivity index (χ0) is 7.98. The Morgan fingerprint density at radius 2 is 2.40 bits per heavy atom. The van der Waals surface area contributed by atoms with E-state index in [0.717, 1.165) is 6.42 Å². The van der Waals surface area contributed by atoms with E-state index in [0.29, 0.717) is 0 Å². The van der Waals surface area contributed by atoms with E-state index >= 15 is 0 Å². The lowest BCUT2D eigenvalue weighted by Crippen LogP contribution is -2.28. The minimum Gasteiger partial charge on any atom is -0.343 e. The Balaban J connectivity index is 3.54. The van der Waals surface area contributed by atoms with Gasteiger partial charge in [-0.25, -0.2) is 0 Å². The van der Waals surface area contributed by atoms with E-state index < -0.39 is 0 Å². The van der Waals surface area contributed by atoms with Gasteiger partial charge in [-0.15, -0.1) is 0 Å². The van der Waals surface area contributed by atoms with Crippen molar-refractivity contribution in [1.29, 1.82) is 5.26 Å². The van der Waals surface area contributed by atoms with E-state index in [2.05, 4.69) is 5.32 Å². The Morgan fingerprint density at radius 3 is 2.80 bits per heavy atom. The molecule has 0 aromatic heterocycles. The zero-order valence-corrected chi connectivity index (χ0v) is 6.35. The number of hydrogen-bond donors (Lipinski definition) is 1. The van der Waals surface area contributed by atoms with Gasteiger partial charge in [0.1, 0.15) is 6.54 Å². The average molecular weight is 140 g/mol. The number of nitrogens with zero attached hydrogens (tertiary/aromatic N) is 1. The summed E-state index contributed by atoms with van der Waals surface area (Å²) >= 11 is 0. The van der Waals surface area contributed by atoms with Crippen molar-refractivity contribution < 1.29 is 4.79 Å². The minimum absolute atomic E-state index is 0.0216. The Hall–Kier alpha value is -1.04. The summed E-state index contributed by atoms with van der Waals surface area (Å²) in [6.45, 7) is 3.90. The largest absolute Gasteiger partial charge is 0.343 e. The van der Waals surface area contributed by atoms with Gasteiger partial charge < -0.3 is 5.32 Å². The van der Waals surface area contributed by atoms with Crippen LogP contribution in [-0.2, 0) is 4.79 Å². The molecule has 1 atom stereocenters. The lowest BCUT2D eigenvalue weighted by molar-refractivity contribution is -0.124. The molecular formula is C7H12N2O. The number of nitrogens with one attached hydrogen (secondary N) is 1. The van der Waals surface area contributed by atoms with Gasteiger partial charge in [0.2, 0.25) is 5.91 Å². The molecule has 1 unspecified atom stereocenters. The lowest BCUT2D eigenvalue weighted by Gasteiger charge is -2.05. The second-order valence-electron chi connectivity index (χ2n) is 2.19. The third kappa shape index (κ3) is 3.08. The van der Waals surface area contributed by atoms with Gasteiger partial charge in [-0.2, -0.15) is 5.26 Å². The SMILES string of the molecule is CCC(C)C(=O)NCC#N. The molecule has 0 aromatic carbocycles. The fraction of sp³-hybridized carbons (Fsp3) is 0.714. The fourth-order valence-electron chi connectivity index (χ4n) is 0.486. The number of rotatable bonds is 3. The number of hydrogen-bond acceptors (Lipinski definition) is 2. The van der Waals surface area contributed by atoms with Crippen molar-refractivity contribution >= 4 is 5.91 Å². The topological polar surface area (TPSA) is 52.9 Å². The van der Waals surface area contributed by atoms with Gasteiger partial charge >= 0.3 is 0 Å². The molecule has 0 radical (unpaired) electrons. The first-order valence-electron chi connectivity index (χ1n) is 3.37. The van der Waals surface area contributed by atoms with E-state index in [1.807, 2.05) is 19.9 Å². The molecule has 0 saturated heterocycles. The first kappa shape index (κ1) is 8.96. The number of nitriles is 1. The smallest absolute Gasteiger partial charge is 0.223 e. The van der Waals surface area contributed by atoms with Crippen molar-refractivity contribution in [2.75, 3.05) is 6.54 Å². The molecule has 0 saturated carbocycles. The molecule has 56 valence electrons. The van der Waals surface area contributed by atoms with E-state index in [1.165, 1.54) is 0 Å². The van der Waals surface area contributed by atoms with Crippen molar-refractivity contribution in [2.24, 2.45) is 5.92 Å². The molecule has 0 aliphatic rings. The molecule has 0 spiro atoms. The van der Waals surface area contributed by atoms with Crippen LogP contribution in [0.3, 0.4) is 0 Å². The maximum Gasteiger partial charge on any atom is 0.223 e. The van der Waals surface area contributed by atoms with Gasteiger partial charge in [0, 0.05) is 5.92 Å². The molecule has 0 fully saturated rings. The van der Waals surface area contributed by atoms with Gasteiger partial charge in [0.25, 0.3) is 0 Å². The van der Waals surface area contributed by atoms with Gasteiger partial charge in [-0.3, -0.25) is 4.79 Å². The minimum atomic E-state index is -0.0379. The molecule has 1 N–H and O–H groups in total. The molecule has 0 rings (SSSR count). The van der Waals surface area contributed by atoms with Crippen molar-refractivity contribution in [3.63, 3.8) is 0 Å². The molecule has 1 amide bonds. The maximum atomic E-state index is 10.9. The molecule has 0 aliphatic heterocycles. The molecular weight excluding hydrogens is 128 g/mol. The van der Waals surface area contributed by atoms with Crippen LogP contribution in [0, 0.1) is 17.2 Å². The van der Waals surface area contributed by atoms with Crippen LogP contribution in [0.5, 0.6) is 0 Å². The van der Waals surface area contributed by atoms with Crippen LogP contribution in [0.4, 0.5) is 0 Å². The van der Waals surface area contributed by atoms with Crippen molar-refractivity contribution in [2.45, 2.75) is 20.3 Å². The van der Waals surface area contributed by atoms with Crippen LogP contribution in [0.1, 0.15) is 20.3 Å². The molecule has 0 aromatic rings. The van der Waals surface area contributed by atoms with Gasteiger partial charge in [0.15, 0.2) is 0 Å². The predicted octanol–water partition coefficient (Wildman–Crippen LogP) is 0.672. The van der Waals surface area contributed by atoms with Gasteiger partial charge in [0.05, 0.1) is 6.07 Å². The predicted molar refractivity (Wildman–Crippen MR) is 38.1 cm³/mol. The summed E-state index contributed by atoms with van der Waals surface area (Å²) in [5.74, 6) is -0.0163. The van der Waals surface area contributed by atoms with Crippen molar-refractivity contribution in [3.05, 3.63) is 0 Å². The molecule has 0 aliphatic carbocycles. The van der Waals surface area contributed by atoms with Crippen LogP contribution in [0.2, 0.25) is 0 Å². The average Bonchev–Trinajstić information content (AvgIpc) is 1.98. The summed E-state index contributed by atoms with van der Waals surface area (Å²) in [4.78, 5) is 10.9. The summed E-state index contributed by atoms with van der Waals surface area (Å²) in [7, 11) is 0.